The van der Waals surface area contributed by atoms with Gasteiger partial charge in [0.15, 0.2) is 0 Å². The summed E-state index contributed by atoms with van der Waals surface area (Å²) in [4.78, 5) is 2.39. The molecule has 3 heteroatoms. The van der Waals surface area contributed by atoms with Crippen LogP contribution in [0.1, 0.15) is 19.8 Å². The van der Waals surface area contributed by atoms with Crippen molar-refractivity contribution >= 4 is 0 Å². The molecular weight excluding hydrogens is 217 g/mol. The number of hydrogen-bond acceptors (Lipinski definition) is 2. The summed E-state index contributed by atoms with van der Waals surface area (Å²) in [6.45, 7) is 6.20. The molecule has 0 N–H and O–H groups in total. The molecule has 1 saturated heterocycles. The van der Waals surface area contributed by atoms with Gasteiger partial charge < -0.3 is 4.74 Å². The predicted octanol–water partition coefficient (Wildman–Crippen LogP) is 2.94. The van der Waals surface area contributed by atoms with E-state index >= 15 is 0 Å². The molecule has 2 rings (SSSR count). The lowest BCUT2D eigenvalue weighted by Gasteiger charge is -2.39. The Labute approximate surface area is 102 Å². The third kappa shape index (κ3) is 3.70. The second-order valence-electron chi connectivity index (χ2n) is 4.72. The molecule has 0 saturated carbocycles. The summed E-state index contributed by atoms with van der Waals surface area (Å²) >= 11 is 0. The summed E-state index contributed by atoms with van der Waals surface area (Å²) in [5.41, 5.74) is 0. The molecule has 0 radical (unpaired) electrons. The van der Waals surface area contributed by atoms with Crippen LogP contribution in [0.4, 0.5) is 4.39 Å². The maximum absolute atomic E-state index is 12.9. The molecule has 1 aromatic carbocycles. The van der Waals surface area contributed by atoms with Crippen LogP contribution in [0.15, 0.2) is 24.3 Å². The van der Waals surface area contributed by atoms with Crippen LogP contribution in [-0.2, 0) is 0 Å². The Morgan fingerprint density at radius 3 is 2.94 bits per heavy atom. The van der Waals surface area contributed by atoms with Gasteiger partial charge in [0.25, 0.3) is 0 Å². The van der Waals surface area contributed by atoms with E-state index in [1.54, 1.807) is 12.1 Å². The molecule has 0 unspecified atom stereocenters. The second-order valence-corrected chi connectivity index (χ2v) is 4.72. The smallest absolute Gasteiger partial charge is 0.126 e. The minimum absolute atomic E-state index is 0.241. The van der Waals surface area contributed by atoms with E-state index in [4.69, 9.17) is 4.74 Å². The molecular formula is C14H20FNO. The van der Waals surface area contributed by atoms with Gasteiger partial charge in [-0.05, 0) is 24.5 Å². The SMILES string of the molecule is CCCC1CN(CCOc2cccc(F)c2)C1. The zero-order valence-corrected chi connectivity index (χ0v) is 10.4. The van der Waals surface area contributed by atoms with Crippen LogP contribution in [-0.4, -0.2) is 31.1 Å². The molecule has 0 spiro atoms. The third-order valence-electron chi connectivity index (χ3n) is 3.20. The largest absolute Gasteiger partial charge is 0.492 e. The molecule has 94 valence electrons. The first-order valence-electron chi connectivity index (χ1n) is 6.38. The quantitative estimate of drug-likeness (QED) is 0.754. The van der Waals surface area contributed by atoms with Gasteiger partial charge in [-0.2, -0.15) is 0 Å². The first-order chi connectivity index (χ1) is 8.28. The third-order valence-corrected chi connectivity index (χ3v) is 3.20. The summed E-state index contributed by atoms with van der Waals surface area (Å²) in [6.07, 6.45) is 2.61. The Hall–Kier alpha value is -1.09. The van der Waals surface area contributed by atoms with Gasteiger partial charge in [-0.25, -0.2) is 4.39 Å². The molecule has 1 aromatic rings. The molecule has 1 aliphatic rings. The van der Waals surface area contributed by atoms with E-state index in [0.29, 0.717) is 12.4 Å². The zero-order valence-electron chi connectivity index (χ0n) is 10.4. The van der Waals surface area contributed by atoms with Crippen molar-refractivity contribution in [1.29, 1.82) is 0 Å². The van der Waals surface area contributed by atoms with Gasteiger partial charge in [-0.1, -0.05) is 19.4 Å². The fourth-order valence-corrected chi connectivity index (χ4v) is 2.30. The van der Waals surface area contributed by atoms with Crippen LogP contribution in [0.2, 0.25) is 0 Å². The molecule has 0 bridgehead atoms. The van der Waals surface area contributed by atoms with Gasteiger partial charge in [0.2, 0.25) is 0 Å². The number of halogens is 1. The standard InChI is InChI=1S/C14H20FNO/c1-2-4-12-10-16(11-12)7-8-17-14-6-3-5-13(15)9-14/h3,5-6,9,12H,2,4,7-8,10-11H2,1H3. The van der Waals surface area contributed by atoms with Crippen LogP contribution in [0.3, 0.4) is 0 Å². The lowest BCUT2D eigenvalue weighted by atomic mass is 9.95. The average molecular weight is 237 g/mol. The molecule has 2 nitrogen and oxygen atoms in total. The predicted molar refractivity (Wildman–Crippen MR) is 66.7 cm³/mol. The maximum Gasteiger partial charge on any atom is 0.126 e. The molecule has 0 atom stereocenters. The van der Waals surface area contributed by atoms with Crippen molar-refractivity contribution in [2.75, 3.05) is 26.2 Å². The first kappa shape index (κ1) is 12.4. The summed E-state index contributed by atoms with van der Waals surface area (Å²) in [5.74, 6) is 1.26. The molecule has 1 aliphatic heterocycles. The minimum Gasteiger partial charge on any atom is -0.492 e. The van der Waals surface area contributed by atoms with Crippen molar-refractivity contribution in [3.05, 3.63) is 30.1 Å². The fraction of sp³-hybridized carbons (Fsp3) is 0.571. The van der Waals surface area contributed by atoms with Crippen molar-refractivity contribution in [3.8, 4) is 5.75 Å². The Morgan fingerprint density at radius 2 is 2.24 bits per heavy atom. The van der Waals surface area contributed by atoms with Gasteiger partial charge >= 0.3 is 0 Å². The van der Waals surface area contributed by atoms with Gasteiger partial charge in [-0.15, -0.1) is 0 Å². The maximum atomic E-state index is 12.9. The minimum atomic E-state index is -0.241. The second kappa shape index (κ2) is 6.01. The Kier molecular flexibility index (Phi) is 4.37. The van der Waals surface area contributed by atoms with Gasteiger partial charge in [-0.3, -0.25) is 4.90 Å². The molecule has 1 heterocycles. The Balaban J connectivity index is 1.61. The summed E-state index contributed by atoms with van der Waals surface area (Å²) in [5, 5.41) is 0. The Morgan fingerprint density at radius 1 is 1.41 bits per heavy atom. The number of nitrogens with zero attached hydrogens (tertiary/aromatic N) is 1. The number of benzene rings is 1. The zero-order chi connectivity index (χ0) is 12.1. The molecule has 17 heavy (non-hydrogen) atoms. The topological polar surface area (TPSA) is 12.5 Å². The normalized spacial score (nSPS) is 16.8. The van der Waals surface area contributed by atoms with Crippen molar-refractivity contribution in [1.82, 2.24) is 4.90 Å². The summed E-state index contributed by atoms with van der Waals surface area (Å²) in [6, 6.07) is 6.32. The van der Waals surface area contributed by atoms with Gasteiger partial charge in [0, 0.05) is 25.7 Å². The van der Waals surface area contributed by atoms with Crippen molar-refractivity contribution in [2.45, 2.75) is 19.8 Å². The number of hydrogen-bond donors (Lipinski definition) is 0. The van der Waals surface area contributed by atoms with Crippen LogP contribution in [0.25, 0.3) is 0 Å². The van der Waals surface area contributed by atoms with Crippen LogP contribution in [0, 0.1) is 11.7 Å². The lowest BCUT2D eigenvalue weighted by molar-refractivity contribution is 0.0772. The van der Waals surface area contributed by atoms with Crippen molar-refractivity contribution < 1.29 is 9.13 Å². The van der Waals surface area contributed by atoms with E-state index in [9.17, 15) is 4.39 Å². The number of rotatable bonds is 6. The first-order valence-corrected chi connectivity index (χ1v) is 6.38. The fourth-order valence-electron chi connectivity index (χ4n) is 2.30. The monoisotopic (exact) mass is 237 g/mol. The molecule has 0 aromatic heterocycles. The van der Waals surface area contributed by atoms with E-state index in [0.717, 1.165) is 12.5 Å². The van der Waals surface area contributed by atoms with E-state index in [2.05, 4.69) is 11.8 Å². The molecule has 0 aliphatic carbocycles. The highest BCUT2D eigenvalue weighted by Crippen LogP contribution is 2.20. The van der Waals surface area contributed by atoms with Crippen LogP contribution in [0.5, 0.6) is 5.75 Å². The highest BCUT2D eigenvalue weighted by atomic mass is 19.1. The van der Waals surface area contributed by atoms with E-state index in [1.807, 2.05) is 0 Å². The number of likely N-dealkylation sites (tertiary alicyclic amines) is 1. The Bertz CT molecular complexity index is 350. The van der Waals surface area contributed by atoms with E-state index < -0.39 is 0 Å². The summed E-state index contributed by atoms with van der Waals surface area (Å²) < 4.78 is 18.4. The van der Waals surface area contributed by atoms with E-state index in [-0.39, 0.29) is 5.82 Å². The lowest BCUT2D eigenvalue weighted by Crippen LogP contribution is -2.48. The van der Waals surface area contributed by atoms with Crippen molar-refractivity contribution in [2.24, 2.45) is 5.92 Å². The highest BCUT2D eigenvalue weighted by molar-refractivity contribution is 5.22. The number of ether oxygens (including phenoxy) is 1. The molecule has 0 amide bonds. The van der Waals surface area contributed by atoms with Gasteiger partial charge in [0.1, 0.15) is 18.2 Å². The van der Waals surface area contributed by atoms with E-state index in [1.165, 1.54) is 38.1 Å². The van der Waals surface area contributed by atoms with Crippen LogP contribution >= 0.6 is 0 Å². The highest BCUT2D eigenvalue weighted by Gasteiger charge is 2.24. The summed E-state index contributed by atoms with van der Waals surface area (Å²) in [7, 11) is 0. The van der Waals surface area contributed by atoms with Crippen LogP contribution < -0.4 is 4.74 Å². The van der Waals surface area contributed by atoms with Gasteiger partial charge in [0.05, 0.1) is 0 Å². The average Bonchev–Trinajstić information content (AvgIpc) is 2.26. The van der Waals surface area contributed by atoms with Crippen molar-refractivity contribution in [3.63, 3.8) is 0 Å². The molecule has 1 fully saturated rings.